The molecule has 0 amide bonds. The molecule has 1 nitrogen and oxygen atoms in total. The summed E-state index contributed by atoms with van der Waals surface area (Å²) < 4.78 is 2.08. The Morgan fingerprint density at radius 2 is 1.79 bits per heavy atom. The molecule has 0 unspecified atom stereocenters. The molecule has 76 valence electrons. The van der Waals surface area contributed by atoms with Crippen molar-refractivity contribution in [2.45, 2.75) is 27.2 Å². The van der Waals surface area contributed by atoms with E-state index in [0.717, 1.165) is 26.8 Å². The van der Waals surface area contributed by atoms with Crippen LogP contribution in [0.25, 0.3) is 0 Å². The minimum absolute atomic E-state index is 0.979. The predicted octanol–water partition coefficient (Wildman–Crippen LogP) is 5.02. The van der Waals surface area contributed by atoms with Gasteiger partial charge in [-0.15, -0.1) is 0 Å². The molecule has 0 aliphatic heterocycles. The van der Waals surface area contributed by atoms with Gasteiger partial charge in [0.1, 0.15) is 0 Å². The van der Waals surface area contributed by atoms with E-state index < -0.39 is 0 Å². The van der Waals surface area contributed by atoms with Gasteiger partial charge in [-0.1, -0.05) is 6.92 Å². The van der Waals surface area contributed by atoms with Gasteiger partial charge in [0.15, 0.2) is 0 Å². The summed E-state index contributed by atoms with van der Waals surface area (Å²) in [5.41, 5.74) is 3.34. The average molecular weight is 319 g/mol. The molecule has 0 aromatic heterocycles. The topological polar surface area (TPSA) is 12.4 Å². The summed E-state index contributed by atoms with van der Waals surface area (Å²) in [4.78, 5) is 4.54. The van der Waals surface area contributed by atoms with E-state index in [2.05, 4.69) is 62.8 Å². The molecule has 0 saturated heterocycles. The van der Waals surface area contributed by atoms with Crippen molar-refractivity contribution in [3.05, 3.63) is 26.6 Å². The predicted molar refractivity (Wildman–Crippen MR) is 69.6 cm³/mol. The van der Waals surface area contributed by atoms with Gasteiger partial charge in [0.25, 0.3) is 0 Å². The number of halogens is 2. The molecule has 0 saturated carbocycles. The van der Waals surface area contributed by atoms with E-state index >= 15 is 0 Å². The highest BCUT2D eigenvalue weighted by atomic mass is 79.9. The van der Waals surface area contributed by atoms with Gasteiger partial charge >= 0.3 is 0 Å². The van der Waals surface area contributed by atoms with Gasteiger partial charge in [-0.05, 0) is 69.8 Å². The second-order valence-corrected chi connectivity index (χ2v) is 4.99. The van der Waals surface area contributed by atoms with Crippen molar-refractivity contribution in [1.82, 2.24) is 0 Å². The van der Waals surface area contributed by atoms with E-state index in [0.29, 0.717) is 0 Å². The lowest BCUT2D eigenvalue weighted by atomic mass is 10.2. The first-order chi connectivity index (χ1) is 6.54. The highest BCUT2D eigenvalue weighted by molar-refractivity contribution is 9.11. The smallest absolute Gasteiger partial charge is 0.0912 e. The van der Waals surface area contributed by atoms with Crippen LogP contribution in [0.2, 0.25) is 0 Å². The second-order valence-electron chi connectivity index (χ2n) is 3.28. The van der Waals surface area contributed by atoms with Crippen LogP contribution in [-0.4, -0.2) is 5.71 Å². The summed E-state index contributed by atoms with van der Waals surface area (Å²) in [5.74, 6) is 0. The summed E-state index contributed by atoms with van der Waals surface area (Å²) in [6, 6.07) is 4.15. The van der Waals surface area contributed by atoms with E-state index in [1.807, 2.05) is 6.92 Å². The maximum Gasteiger partial charge on any atom is 0.0912 e. The van der Waals surface area contributed by atoms with Crippen LogP contribution in [0.3, 0.4) is 0 Å². The van der Waals surface area contributed by atoms with Gasteiger partial charge in [0, 0.05) is 14.7 Å². The third kappa shape index (κ3) is 2.92. The maximum absolute atomic E-state index is 4.54. The number of benzene rings is 1. The third-order valence-corrected chi connectivity index (χ3v) is 3.18. The van der Waals surface area contributed by atoms with E-state index in [9.17, 15) is 0 Å². The van der Waals surface area contributed by atoms with Gasteiger partial charge in [0.2, 0.25) is 0 Å². The van der Waals surface area contributed by atoms with Crippen LogP contribution < -0.4 is 0 Å². The van der Waals surface area contributed by atoms with Gasteiger partial charge in [0.05, 0.1) is 5.69 Å². The second kappa shape index (κ2) is 5.08. The fourth-order valence-electron chi connectivity index (χ4n) is 1.07. The minimum atomic E-state index is 0.979. The van der Waals surface area contributed by atoms with Crippen LogP contribution in [0.15, 0.2) is 26.1 Å². The van der Waals surface area contributed by atoms with Crippen molar-refractivity contribution < 1.29 is 0 Å². The first kappa shape index (κ1) is 11.9. The van der Waals surface area contributed by atoms with Crippen LogP contribution in [0.1, 0.15) is 25.8 Å². The first-order valence-corrected chi connectivity index (χ1v) is 6.13. The van der Waals surface area contributed by atoms with E-state index in [1.54, 1.807) is 0 Å². The number of hydrogen-bond donors (Lipinski definition) is 0. The zero-order valence-electron chi connectivity index (χ0n) is 8.56. The lowest BCUT2D eigenvalue weighted by Gasteiger charge is -2.05. The monoisotopic (exact) mass is 317 g/mol. The lowest BCUT2D eigenvalue weighted by molar-refractivity contribution is 1.24. The van der Waals surface area contributed by atoms with E-state index in [4.69, 9.17) is 0 Å². The van der Waals surface area contributed by atoms with Gasteiger partial charge in [-0.2, -0.15) is 0 Å². The Labute approximate surface area is 102 Å². The fraction of sp³-hybridized carbons (Fsp3) is 0.364. The summed E-state index contributed by atoms with van der Waals surface area (Å²) >= 11 is 7.04. The van der Waals surface area contributed by atoms with Gasteiger partial charge in [-0.3, -0.25) is 4.99 Å². The molecule has 1 rings (SSSR count). The summed E-state index contributed by atoms with van der Waals surface area (Å²) in [6.07, 6.45) is 0.979. The van der Waals surface area contributed by atoms with E-state index in [1.165, 1.54) is 5.56 Å². The minimum Gasteiger partial charge on any atom is -0.256 e. The number of nitrogens with zero attached hydrogens (tertiary/aromatic N) is 1. The largest absolute Gasteiger partial charge is 0.256 e. The highest BCUT2D eigenvalue weighted by Crippen LogP contribution is 2.34. The van der Waals surface area contributed by atoms with Gasteiger partial charge < -0.3 is 0 Å². The fourth-order valence-corrected chi connectivity index (χ4v) is 2.66. The Balaban J connectivity index is 3.21. The molecule has 0 aliphatic rings. The number of hydrogen-bond acceptors (Lipinski definition) is 1. The molecule has 0 N–H and O–H groups in total. The molecule has 0 fully saturated rings. The lowest BCUT2D eigenvalue weighted by Crippen LogP contribution is -1.87. The normalized spacial score (nSPS) is 11.9. The first-order valence-electron chi connectivity index (χ1n) is 4.54. The Bertz CT molecular complexity index is 347. The Kier molecular flexibility index (Phi) is 4.32. The van der Waals surface area contributed by atoms with Crippen molar-refractivity contribution in [2.24, 2.45) is 4.99 Å². The van der Waals surface area contributed by atoms with Crippen LogP contribution in [-0.2, 0) is 0 Å². The SMILES string of the molecule is CCC(C)=Nc1c(Br)cc(C)cc1Br. The molecule has 0 radical (unpaired) electrons. The summed E-state index contributed by atoms with van der Waals surface area (Å²) in [7, 11) is 0. The van der Waals surface area contributed by atoms with Crippen LogP contribution in [0.5, 0.6) is 0 Å². The Morgan fingerprint density at radius 3 is 2.21 bits per heavy atom. The molecular weight excluding hydrogens is 306 g/mol. The van der Waals surface area contributed by atoms with Crippen LogP contribution in [0, 0.1) is 6.92 Å². The number of rotatable bonds is 2. The van der Waals surface area contributed by atoms with Crippen LogP contribution >= 0.6 is 31.9 Å². The van der Waals surface area contributed by atoms with Crippen molar-refractivity contribution in [1.29, 1.82) is 0 Å². The van der Waals surface area contributed by atoms with Gasteiger partial charge in [-0.25, -0.2) is 0 Å². The molecule has 0 heterocycles. The average Bonchev–Trinajstić information content (AvgIpc) is 2.10. The van der Waals surface area contributed by atoms with Crippen molar-refractivity contribution in [3.8, 4) is 0 Å². The summed E-state index contributed by atoms with van der Waals surface area (Å²) in [5, 5.41) is 0. The molecule has 0 spiro atoms. The molecule has 1 aromatic carbocycles. The molecule has 0 aliphatic carbocycles. The maximum atomic E-state index is 4.54. The molecule has 0 atom stereocenters. The highest BCUT2D eigenvalue weighted by Gasteiger charge is 2.04. The Morgan fingerprint density at radius 1 is 1.29 bits per heavy atom. The Hall–Kier alpha value is -0.150. The van der Waals surface area contributed by atoms with Crippen molar-refractivity contribution >= 4 is 43.3 Å². The quantitative estimate of drug-likeness (QED) is 0.679. The molecular formula is C11H13Br2N. The number of aliphatic imine (C=N–C) groups is 1. The third-order valence-electron chi connectivity index (χ3n) is 1.98. The summed E-state index contributed by atoms with van der Waals surface area (Å²) in [6.45, 7) is 6.21. The zero-order chi connectivity index (χ0) is 10.7. The molecule has 14 heavy (non-hydrogen) atoms. The van der Waals surface area contributed by atoms with E-state index in [-0.39, 0.29) is 0 Å². The van der Waals surface area contributed by atoms with Crippen molar-refractivity contribution in [3.63, 3.8) is 0 Å². The molecule has 3 heteroatoms. The van der Waals surface area contributed by atoms with Crippen LogP contribution in [0.4, 0.5) is 5.69 Å². The zero-order valence-corrected chi connectivity index (χ0v) is 11.7. The molecule has 0 bridgehead atoms. The number of aryl methyl sites for hydroxylation is 1. The molecule has 1 aromatic rings. The van der Waals surface area contributed by atoms with Crippen molar-refractivity contribution in [2.75, 3.05) is 0 Å². The standard InChI is InChI=1S/C11H13Br2N/c1-4-8(3)14-11-9(12)5-7(2)6-10(11)13/h5-6H,4H2,1-3H3.